The van der Waals surface area contributed by atoms with Crippen molar-refractivity contribution in [2.24, 2.45) is 0 Å². The normalized spacial score (nSPS) is 12.2. The lowest BCUT2D eigenvalue weighted by atomic mass is 10.1. The summed E-state index contributed by atoms with van der Waals surface area (Å²) in [6, 6.07) is 6.01. The van der Waals surface area contributed by atoms with E-state index in [1.807, 2.05) is 13.8 Å². The third kappa shape index (κ3) is 3.07. The van der Waals surface area contributed by atoms with Crippen LogP contribution in [0.25, 0.3) is 10.2 Å². The Morgan fingerprint density at radius 1 is 1.38 bits per heavy atom. The molecule has 1 amide bonds. The van der Waals surface area contributed by atoms with Crippen LogP contribution in [0.1, 0.15) is 34.6 Å². The number of carbonyl (C=O) groups excluding carboxylic acids is 1. The molecule has 3 rings (SSSR count). The summed E-state index contributed by atoms with van der Waals surface area (Å²) in [4.78, 5) is 17.5. The van der Waals surface area contributed by atoms with Crippen molar-refractivity contribution >= 4 is 27.7 Å². The lowest BCUT2D eigenvalue weighted by Crippen LogP contribution is -2.26. The van der Waals surface area contributed by atoms with Crippen LogP contribution in [-0.2, 0) is 0 Å². The monoisotopic (exact) mass is 345 g/mol. The van der Waals surface area contributed by atoms with E-state index < -0.39 is 5.82 Å². The summed E-state index contributed by atoms with van der Waals surface area (Å²) in [6.07, 6.45) is 1.53. The number of pyridine rings is 1. The zero-order valence-corrected chi connectivity index (χ0v) is 14.3. The van der Waals surface area contributed by atoms with E-state index in [1.165, 1.54) is 30.9 Å². The zero-order valence-electron chi connectivity index (χ0n) is 13.5. The van der Waals surface area contributed by atoms with Crippen molar-refractivity contribution in [3.8, 4) is 5.75 Å². The number of ether oxygens (including phenoxy) is 1. The Bertz CT molecular complexity index is 910. The molecule has 0 spiro atoms. The summed E-state index contributed by atoms with van der Waals surface area (Å²) in [5.41, 5.74) is 2.07. The van der Waals surface area contributed by atoms with Gasteiger partial charge in [-0.15, -0.1) is 0 Å². The van der Waals surface area contributed by atoms with E-state index in [2.05, 4.69) is 14.7 Å². The number of aryl methyl sites for hydroxylation is 1. The number of aromatic nitrogens is 2. The fraction of sp³-hybridized carbons (Fsp3) is 0.235. The maximum absolute atomic E-state index is 13.5. The van der Waals surface area contributed by atoms with Crippen LogP contribution < -0.4 is 10.1 Å². The molecule has 0 radical (unpaired) electrons. The zero-order chi connectivity index (χ0) is 17.3. The molecule has 1 atom stereocenters. The molecule has 0 fully saturated rings. The van der Waals surface area contributed by atoms with Gasteiger partial charge in [-0.05, 0) is 49.1 Å². The van der Waals surface area contributed by atoms with Gasteiger partial charge in [0.05, 0.1) is 24.4 Å². The van der Waals surface area contributed by atoms with Crippen molar-refractivity contribution in [3.05, 3.63) is 53.1 Å². The number of nitrogens with one attached hydrogen (secondary N) is 1. The number of hydrogen-bond donors (Lipinski definition) is 1. The van der Waals surface area contributed by atoms with Gasteiger partial charge in [0.25, 0.3) is 5.91 Å². The summed E-state index contributed by atoms with van der Waals surface area (Å²) in [5, 5.41) is 3.76. The lowest BCUT2D eigenvalue weighted by Gasteiger charge is -2.15. The highest BCUT2D eigenvalue weighted by atomic mass is 32.1. The van der Waals surface area contributed by atoms with Gasteiger partial charge in [-0.3, -0.25) is 4.79 Å². The minimum Gasteiger partial charge on any atom is -0.494 e. The highest BCUT2D eigenvalue weighted by Crippen LogP contribution is 2.24. The molecule has 2 aromatic heterocycles. The number of hydrogen-bond acceptors (Lipinski definition) is 5. The largest absolute Gasteiger partial charge is 0.494 e. The molecule has 24 heavy (non-hydrogen) atoms. The van der Waals surface area contributed by atoms with Crippen molar-refractivity contribution in [1.29, 1.82) is 0 Å². The SMILES string of the molecule is COc1cc(C(C)NC(=O)c2cnc3snc(C)c3c2)ccc1F. The number of rotatable bonds is 4. The van der Waals surface area contributed by atoms with Gasteiger partial charge in [-0.25, -0.2) is 9.37 Å². The molecular formula is C17H16FN3O2S. The second kappa shape index (κ2) is 6.52. The van der Waals surface area contributed by atoms with E-state index in [4.69, 9.17) is 4.74 Å². The lowest BCUT2D eigenvalue weighted by molar-refractivity contribution is 0.0939. The van der Waals surface area contributed by atoms with Gasteiger partial charge in [-0.1, -0.05) is 6.07 Å². The molecule has 0 bridgehead atoms. The molecule has 7 heteroatoms. The first kappa shape index (κ1) is 16.3. The van der Waals surface area contributed by atoms with Gasteiger partial charge < -0.3 is 10.1 Å². The predicted molar refractivity (Wildman–Crippen MR) is 91.0 cm³/mol. The fourth-order valence-electron chi connectivity index (χ4n) is 2.38. The first-order valence-electron chi connectivity index (χ1n) is 7.36. The van der Waals surface area contributed by atoms with Crippen molar-refractivity contribution in [2.45, 2.75) is 19.9 Å². The average Bonchev–Trinajstić information content (AvgIpc) is 2.95. The van der Waals surface area contributed by atoms with Crippen molar-refractivity contribution in [3.63, 3.8) is 0 Å². The Hall–Kier alpha value is -2.54. The maximum atomic E-state index is 13.5. The van der Waals surface area contributed by atoms with Gasteiger partial charge in [0.1, 0.15) is 4.83 Å². The Balaban J connectivity index is 1.81. The molecule has 1 aromatic carbocycles. The van der Waals surface area contributed by atoms with Gasteiger partial charge in [0, 0.05) is 11.6 Å². The van der Waals surface area contributed by atoms with Crippen LogP contribution in [0.3, 0.4) is 0 Å². The molecule has 0 aliphatic heterocycles. The third-order valence-corrected chi connectivity index (χ3v) is 4.66. The number of fused-ring (bicyclic) bond motifs is 1. The number of nitrogens with zero attached hydrogens (tertiary/aromatic N) is 2. The number of halogens is 1. The summed E-state index contributed by atoms with van der Waals surface area (Å²) >= 11 is 1.31. The molecule has 1 unspecified atom stereocenters. The van der Waals surface area contributed by atoms with Crippen molar-refractivity contribution in [1.82, 2.24) is 14.7 Å². The Kier molecular flexibility index (Phi) is 4.44. The molecule has 0 saturated carbocycles. The first-order valence-corrected chi connectivity index (χ1v) is 8.13. The van der Waals surface area contributed by atoms with Gasteiger partial charge in [0.15, 0.2) is 11.6 Å². The summed E-state index contributed by atoms with van der Waals surface area (Å²) in [6.45, 7) is 3.71. The molecule has 0 saturated heterocycles. The van der Waals surface area contributed by atoms with E-state index in [9.17, 15) is 9.18 Å². The van der Waals surface area contributed by atoms with Crippen LogP contribution in [0.2, 0.25) is 0 Å². The predicted octanol–water partition coefficient (Wildman–Crippen LogP) is 3.64. The number of amides is 1. The standard InChI is InChI=1S/C17H16FN3O2S/c1-9(11-4-5-14(18)15(7-11)23-3)20-16(22)12-6-13-10(2)21-24-17(13)19-8-12/h4-9H,1-3H3,(H,20,22). The van der Waals surface area contributed by atoms with Gasteiger partial charge >= 0.3 is 0 Å². The summed E-state index contributed by atoms with van der Waals surface area (Å²) < 4.78 is 22.7. The average molecular weight is 345 g/mol. The summed E-state index contributed by atoms with van der Waals surface area (Å²) in [7, 11) is 1.41. The van der Waals surface area contributed by atoms with Gasteiger partial charge in [-0.2, -0.15) is 4.37 Å². The van der Waals surface area contributed by atoms with Crippen LogP contribution in [0.4, 0.5) is 4.39 Å². The van der Waals surface area contributed by atoms with Crippen LogP contribution in [-0.4, -0.2) is 22.4 Å². The smallest absolute Gasteiger partial charge is 0.253 e. The quantitative estimate of drug-likeness (QED) is 0.784. The Morgan fingerprint density at radius 2 is 2.17 bits per heavy atom. The first-order chi connectivity index (χ1) is 11.5. The molecule has 5 nitrogen and oxygen atoms in total. The van der Waals surface area contributed by atoms with E-state index in [1.54, 1.807) is 18.2 Å². The second-order valence-corrected chi connectivity index (χ2v) is 6.19. The maximum Gasteiger partial charge on any atom is 0.253 e. The molecule has 124 valence electrons. The number of carbonyl (C=O) groups is 1. The Labute approximate surface area is 142 Å². The van der Waals surface area contributed by atoms with Crippen LogP contribution in [0.15, 0.2) is 30.5 Å². The van der Waals surface area contributed by atoms with E-state index in [-0.39, 0.29) is 17.7 Å². The molecule has 0 aliphatic rings. The molecular weight excluding hydrogens is 329 g/mol. The topological polar surface area (TPSA) is 64.1 Å². The van der Waals surface area contributed by atoms with E-state index in [0.717, 1.165) is 21.5 Å². The fourth-order valence-corrected chi connectivity index (χ4v) is 3.10. The molecule has 0 aliphatic carbocycles. The number of methoxy groups -OCH3 is 1. The number of benzene rings is 1. The minimum absolute atomic E-state index is 0.150. The van der Waals surface area contributed by atoms with Crippen LogP contribution >= 0.6 is 11.5 Å². The van der Waals surface area contributed by atoms with Crippen molar-refractivity contribution < 1.29 is 13.9 Å². The molecule has 3 aromatic rings. The highest BCUT2D eigenvalue weighted by molar-refractivity contribution is 7.12. The Morgan fingerprint density at radius 3 is 2.92 bits per heavy atom. The van der Waals surface area contributed by atoms with E-state index >= 15 is 0 Å². The van der Waals surface area contributed by atoms with Gasteiger partial charge in [0.2, 0.25) is 0 Å². The minimum atomic E-state index is -0.435. The third-order valence-electron chi connectivity index (χ3n) is 3.79. The van der Waals surface area contributed by atoms with E-state index in [0.29, 0.717) is 5.56 Å². The summed E-state index contributed by atoms with van der Waals surface area (Å²) in [5.74, 6) is -0.530. The van der Waals surface area contributed by atoms with Crippen LogP contribution in [0, 0.1) is 12.7 Å². The molecule has 1 N–H and O–H groups in total. The molecule has 2 heterocycles. The highest BCUT2D eigenvalue weighted by Gasteiger charge is 2.15. The van der Waals surface area contributed by atoms with Crippen molar-refractivity contribution in [2.75, 3.05) is 7.11 Å². The van der Waals surface area contributed by atoms with Crippen LogP contribution in [0.5, 0.6) is 5.75 Å². The second-order valence-electron chi connectivity index (χ2n) is 5.43.